The quantitative estimate of drug-likeness (QED) is 0.428. The summed E-state index contributed by atoms with van der Waals surface area (Å²) < 4.78 is 0. The van der Waals surface area contributed by atoms with Gasteiger partial charge >= 0.3 is 0 Å². The first kappa shape index (κ1) is 24.3. The van der Waals surface area contributed by atoms with Gasteiger partial charge in [-0.2, -0.15) is 0 Å². The predicted octanol–water partition coefficient (Wildman–Crippen LogP) is 7.25. The molecule has 3 aliphatic rings. The Bertz CT molecular complexity index is 600. The van der Waals surface area contributed by atoms with Crippen LogP contribution in [0.2, 0.25) is 0 Å². The van der Waals surface area contributed by atoms with Gasteiger partial charge in [-0.15, -0.1) is 0 Å². The molecule has 0 aromatic rings. The van der Waals surface area contributed by atoms with Crippen molar-refractivity contribution in [3.8, 4) is 0 Å². The second kappa shape index (κ2) is 9.26. The summed E-state index contributed by atoms with van der Waals surface area (Å²) in [6.07, 6.45) is 17.8. The summed E-state index contributed by atoms with van der Waals surface area (Å²) in [5, 5.41) is 10.5. The largest absolute Gasteiger partial charge is 0.392 e. The van der Waals surface area contributed by atoms with E-state index in [1.54, 1.807) is 0 Å². The van der Waals surface area contributed by atoms with Crippen molar-refractivity contribution in [3.05, 3.63) is 11.6 Å². The monoisotopic (exact) mass is 417 g/mol. The highest BCUT2D eigenvalue weighted by Crippen LogP contribution is 2.60. The third-order valence-corrected chi connectivity index (χ3v) is 9.76. The van der Waals surface area contributed by atoms with Crippen LogP contribution in [0.4, 0.5) is 0 Å². The summed E-state index contributed by atoms with van der Waals surface area (Å²) in [6, 6.07) is 0. The van der Waals surface area contributed by atoms with Gasteiger partial charge in [-0.05, 0) is 101 Å². The highest BCUT2D eigenvalue weighted by molar-refractivity contribution is 5.18. The molecule has 30 heavy (non-hydrogen) atoms. The van der Waals surface area contributed by atoms with Gasteiger partial charge < -0.3 is 10.8 Å². The lowest BCUT2D eigenvalue weighted by atomic mass is 9.58. The maximum atomic E-state index is 10.5. The predicted molar refractivity (Wildman–Crippen MR) is 129 cm³/mol. The number of fused-ring (bicyclic) bond motifs is 1. The zero-order chi connectivity index (χ0) is 22.2. The van der Waals surface area contributed by atoms with Crippen LogP contribution in [-0.2, 0) is 0 Å². The van der Waals surface area contributed by atoms with Crippen molar-refractivity contribution in [1.29, 1.82) is 0 Å². The Morgan fingerprint density at radius 2 is 1.87 bits per heavy atom. The van der Waals surface area contributed by atoms with Crippen LogP contribution in [0.25, 0.3) is 0 Å². The second-order valence-corrected chi connectivity index (χ2v) is 12.9. The number of hydrogen-bond donors (Lipinski definition) is 2. The molecule has 0 aromatic carbocycles. The number of hydrogen-bond acceptors (Lipinski definition) is 2. The van der Waals surface area contributed by atoms with E-state index < -0.39 is 0 Å². The molecule has 5 unspecified atom stereocenters. The van der Waals surface area contributed by atoms with Gasteiger partial charge in [0.25, 0.3) is 0 Å². The van der Waals surface area contributed by atoms with Crippen molar-refractivity contribution < 1.29 is 5.11 Å². The van der Waals surface area contributed by atoms with E-state index in [1.165, 1.54) is 63.4 Å². The minimum absolute atomic E-state index is 0.0221. The molecule has 0 amide bonds. The molecule has 0 radical (unpaired) electrons. The fourth-order valence-corrected chi connectivity index (χ4v) is 7.72. The molecule has 0 aromatic heterocycles. The average molecular weight is 418 g/mol. The maximum Gasteiger partial charge on any atom is 0.0628 e. The van der Waals surface area contributed by atoms with Gasteiger partial charge in [-0.25, -0.2) is 0 Å². The Morgan fingerprint density at radius 1 is 1.13 bits per heavy atom. The normalized spacial score (nSPS) is 39.1. The summed E-state index contributed by atoms with van der Waals surface area (Å²) in [5.74, 6) is 3.48. The van der Waals surface area contributed by atoms with Crippen molar-refractivity contribution >= 4 is 0 Å². The standard InChI is InChI=1S/C28H51NO/c1-20(10-8-18-26(2,3)29)23-16-17-24-21(11-9-19-28(23,24)6)14-15-22-12-7-13-25(30)27(22,4)5/h15,20-21,23-25,30H,7-14,16-19,29H2,1-6H3/b22-15-/t20?,21?,23?,24?,25-,28?/m0/s1. The average Bonchev–Trinajstić information content (AvgIpc) is 2.99. The van der Waals surface area contributed by atoms with Crippen molar-refractivity contribution in [2.45, 2.75) is 130 Å². The van der Waals surface area contributed by atoms with Crippen LogP contribution < -0.4 is 5.73 Å². The lowest BCUT2D eigenvalue weighted by Crippen LogP contribution is -2.39. The molecule has 0 bridgehead atoms. The molecule has 0 heterocycles. The van der Waals surface area contributed by atoms with Crippen LogP contribution in [0.3, 0.4) is 0 Å². The molecule has 3 saturated carbocycles. The summed E-state index contributed by atoms with van der Waals surface area (Å²) >= 11 is 0. The fourth-order valence-electron chi connectivity index (χ4n) is 7.72. The van der Waals surface area contributed by atoms with Gasteiger partial charge in [-0.1, -0.05) is 58.6 Å². The highest BCUT2D eigenvalue weighted by Gasteiger charge is 2.52. The highest BCUT2D eigenvalue weighted by atomic mass is 16.3. The second-order valence-electron chi connectivity index (χ2n) is 12.9. The summed E-state index contributed by atoms with van der Waals surface area (Å²) in [4.78, 5) is 0. The van der Waals surface area contributed by atoms with E-state index in [-0.39, 0.29) is 17.1 Å². The molecule has 3 N–H and O–H groups in total. The molecule has 3 fully saturated rings. The van der Waals surface area contributed by atoms with E-state index in [2.05, 4.69) is 47.6 Å². The third-order valence-electron chi connectivity index (χ3n) is 9.76. The smallest absolute Gasteiger partial charge is 0.0628 e. The Kier molecular flexibility index (Phi) is 7.50. The van der Waals surface area contributed by atoms with Crippen LogP contribution in [-0.4, -0.2) is 16.7 Å². The van der Waals surface area contributed by atoms with Crippen LogP contribution in [0.1, 0.15) is 119 Å². The molecule has 0 saturated heterocycles. The molecule has 0 aliphatic heterocycles. The zero-order valence-corrected chi connectivity index (χ0v) is 21.0. The number of allylic oxidation sites excluding steroid dienone is 1. The lowest BCUT2D eigenvalue weighted by Gasteiger charge is -2.47. The molecule has 2 heteroatoms. The van der Waals surface area contributed by atoms with Gasteiger partial charge in [0.2, 0.25) is 0 Å². The van der Waals surface area contributed by atoms with Crippen molar-refractivity contribution in [3.63, 3.8) is 0 Å². The molecular formula is C28H51NO. The minimum atomic E-state index is -0.163. The molecule has 6 atom stereocenters. The van der Waals surface area contributed by atoms with Crippen molar-refractivity contribution in [2.24, 2.45) is 40.2 Å². The first-order valence-corrected chi connectivity index (χ1v) is 13.1. The van der Waals surface area contributed by atoms with E-state index in [0.29, 0.717) is 5.41 Å². The Hall–Kier alpha value is -0.340. The number of nitrogens with two attached hydrogens (primary N) is 1. The van der Waals surface area contributed by atoms with Crippen LogP contribution >= 0.6 is 0 Å². The minimum Gasteiger partial charge on any atom is -0.392 e. The molecule has 2 nitrogen and oxygen atoms in total. The van der Waals surface area contributed by atoms with E-state index in [4.69, 9.17) is 5.73 Å². The molecule has 0 spiro atoms. The Balaban J connectivity index is 1.63. The Labute approximate surface area is 187 Å². The number of aliphatic hydroxyl groups excluding tert-OH is 1. The van der Waals surface area contributed by atoms with Crippen molar-refractivity contribution in [1.82, 2.24) is 0 Å². The maximum absolute atomic E-state index is 10.5. The van der Waals surface area contributed by atoms with Crippen molar-refractivity contribution in [2.75, 3.05) is 0 Å². The topological polar surface area (TPSA) is 46.2 Å². The fraction of sp³-hybridized carbons (Fsp3) is 0.929. The zero-order valence-electron chi connectivity index (χ0n) is 21.0. The first-order chi connectivity index (χ1) is 13.9. The van der Waals surface area contributed by atoms with Gasteiger partial charge in [-0.3, -0.25) is 0 Å². The van der Waals surface area contributed by atoms with Gasteiger partial charge in [0.1, 0.15) is 0 Å². The first-order valence-electron chi connectivity index (χ1n) is 13.1. The molecule has 174 valence electrons. The lowest BCUT2D eigenvalue weighted by molar-refractivity contribution is 0.0280. The summed E-state index contributed by atoms with van der Waals surface area (Å²) in [6.45, 7) is 14.0. The molecular weight excluding hydrogens is 366 g/mol. The van der Waals surface area contributed by atoms with Crippen LogP contribution in [0.15, 0.2) is 11.6 Å². The summed E-state index contributed by atoms with van der Waals surface area (Å²) in [5.41, 5.74) is 8.25. The molecule has 3 rings (SSSR count). The van der Waals surface area contributed by atoms with Crippen LogP contribution in [0, 0.1) is 34.5 Å². The van der Waals surface area contributed by atoms with Gasteiger partial charge in [0.05, 0.1) is 6.10 Å². The SMILES string of the molecule is CC(CCCC(C)(C)N)C1CCC2C(C/C=C3/CCC[C@H](O)C3(C)C)CCCC12C. The van der Waals surface area contributed by atoms with E-state index >= 15 is 0 Å². The number of rotatable bonds is 7. The van der Waals surface area contributed by atoms with E-state index in [0.717, 1.165) is 42.9 Å². The van der Waals surface area contributed by atoms with Gasteiger partial charge in [0, 0.05) is 11.0 Å². The van der Waals surface area contributed by atoms with E-state index in [1.807, 2.05) is 0 Å². The van der Waals surface area contributed by atoms with Gasteiger partial charge in [0.15, 0.2) is 0 Å². The van der Waals surface area contributed by atoms with Crippen LogP contribution in [0.5, 0.6) is 0 Å². The third kappa shape index (κ3) is 5.17. The Morgan fingerprint density at radius 3 is 2.57 bits per heavy atom. The summed E-state index contributed by atoms with van der Waals surface area (Å²) in [7, 11) is 0. The van der Waals surface area contributed by atoms with E-state index in [9.17, 15) is 5.11 Å². The molecule has 3 aliphatic carbocycles. The number of aliphatic hydroxyl groups is 1.